The van der Waals surface area contributed by atoms with Crippen molar-refractivity contribution in [2.24, 2.45) is 0 Å². The fourth-order valence-corrected chi connectivity index (χ4v) is 3.04. The first kappa shape index (κ1) is 16.2. The highest BCUT2D eigenvalue weighted by Crippen LogP contribution is 2.19. The average molecular weight is 327 g/mol. The van der Waals surface area contributed by atoms with Crippen LogP contribution >= 0.6 is 0 Å². The number of aliphatic carboxylic acids is 1. The number of carboxylic acid groups (broad SMARTS) is 1. The SMILES string of the molecule is O=C(O)CCC(=O)N1CCc2c(ncn2CCc2ccccc2)C1. The fraction of sp³-hybridized carbons (Fsp3) is 0.389. The number of imidazole rings is 1. The van der Waals surface area contributed by atoms with Gasteiger partial charge in [-0.2, -0.15) is 0 Å². The van der Waals surface area contributed by atoms with Crippen molar-refractivity contribution >= 4 is 11.9 Å². The summed E-state index contributed by atoms with van der Waals surface area (Å²) in [6, 6.07) is 10.3. The minimum atomic E-state index is -0.939. The van der Waals surface area contributed by atoms with E-state index >= 15 is 0 Å². The van der Waals surface area contributed by atoms with Crippen LogP contribution < -0.4 is 0 Å². The highest BCUT2D eigenvalue weighted by atomic mass is 16.4. The molecule has 6 heteroatoms. The molecule has 1 N–H and O–H groups in total. The van der Waals surface area contributed by atoms with Gasteiger partial charge in [0.15, 0.2) is 0 Å². The second kappa shape index (κ2) is 7.29. The van der Waals surface area contributed by atoms with Gasteiger partial charge in [0.1, 0.15) is 0 Å². The van der Waals surface area contributed by atoms with Crippen LogP contribution in [-0.4, -0.2) is 38.0 Å². The lowest BCUT2D eigenvalue weighted by molar-refractivity contribution is -0.141. The van der Waals surface area contributed by atoms with Crippen molar-refractivity contribution < 1.29 is 14.7 Å². The van der Waals surface area contributed by atoms with Crippen molar-refractivity contribution in [1.82, 2.24) is 14.5 Å². The van der Waals surface area contributed by atoms with Crippen molar-refractivity contribution in [2.75, 3.05) is 6.54 Å². The van der Waals surface area contributed by atoms with Gasteiger partial charge in [-0.25, -0.2) is 4.98 Å². The Morgan fingerprint density at radius 1 is 1.17 bits per heavy atom. The molecule has 1 aromatic carbocycles. The van der Waals surface area contributed by atoms with E-state index in [0.29, 0.717) is 13.1 Å². The van der Waals surface area contributed by atoms with Gasteiger partial charge in [0.05, 0.1) is 25.0 Å². The summed E-state index contributed by atoms with van der Waals surface area (Å²) in [5, 5.41) is 8.69. The number of nitrogens with zero attached hydrogens (tertiary/aromatic N) is 3. The maximum Gasteiger partial charge on any atom is 0.303 e. The lowest BCUT2D eigenvalue weighted by atomic mass is 10.1. The zero-order chi connectivity index (χ0) is 16.9. The van der Waals surface area contributed by atoms with E-state index in [4.69, 9.17) is 5.11 Å². The minimum absolute atomic E-state index is 0.0549. The Bertz CT molecular complexity index is 724. The number of amides is 1. The molecule has 0 bridgehead atoms. The molecule has 1 aromatic heterocycles. The van der Waals surface area contributed by atoms with Gasteiger partial charge in [0, 0.05) is 31.6 Å². The number of hydrogen-bond acceptors (Lipinski definition) is 3. The van der Waals surface area contributed by atoms with E-state index in [-0.39, 0.29) is 18.7 Å². The molecule has 0 unspecified atom stereocenters. The summed E-state index contributed by atoms with van der Waals surface area (Å²) < 4.78 is 2.17. The number of fused-ring (bicyclic) bond motifs is 1. The van der Waals surface area contributed by atoms with Crippen molar-refractivity contribution in [2.45, 2.75) is 38.8 Å². The molecular weight excluding hydrogens is 306 g/mol. The molecule has 1 aliphatic rings. The highest BCUT2D eigenvalue weighted by molar-refractivity contribution is 5.80. The molecule has 0 aliphatic carbocycles. The molecule has 0 saturated carbocycles. The molecule has 126 valence electrons. The molecule has 0 atom stereocenters. The van der Waals surface area contributed by atoms with Crippen LogP contribution in [0.1, 0.15) is 29.8 Å². The summed E-state index contributed by atoms with van der Waals surface area (Å²) in [5.74, 6) is -1.05. The third kappa shape index (κ3) is 3.82. The summed E-state index contributed by atoms with van der Waals surface area (Å²) in [7, 11) is 0. The first-order valence-electron chi connectivity index (χ1n) is 8.20. The summed E-state index contributed by atoms with van der Waals surface area (Å²) in [6.07, 6.45) is 3.50. The number of carbonyl (C=O) groups is 2. The first-order chi connectivity index (χ1) is 11.6. The van der Waals surface area contributed by atoms with E-state index in [1.165, 1.54) is 11.3 Å². The van der Waals surface area contributed by atoms with Gasteiger partial charge in [0.25, 0.3) is 0 Å². The second-order valence-electron chi connectivity index (χ2n) is 6.03. The summed E-state index contributed by atoms with van der Waals surface area (Å²) in [4.78, 5) is 28.8. The van der Waals surface area contributed by atoms with Gasteiger partial charge in [-0.05, 0) is 12.0 Å². The molecule has 0 spiro atoms. The minimum Gasteiger partial charge on any atom is -0.481 e. The number of aromatic nitrogens is 2. The Hall–Kier alpha value is -2.63. The van der Waals surface area contributed by atoms with Crippen LogP contribution in [0.2, 0.25) is 0 Å². The monoisotopic (exact) mass is 327 g/mol. The Balaban J connectivity index is 1.60. The van der Waals surface area contributed by atoms with Crippen LogP contribution in [-0.2, 0) is 35.5 Å². The van der Waals surface area contributed by atoms with Crippen molar-refractivity contribution in [3.05, 3.63) is 53.6 Å². The molecule has 2 heterocycles. The summed E-state index contributed by atoms with van der Waals surface area (Å²) in [5.41, 5.74) is 3.41. The van der Waals surface area contributed by atoms with E-state index in [9.17, 15) is 9.59 Å². The zero-order valence-corrected chi connectivity index (χ0v) is 13.5. The van der Waals surface area contributed by atoms with Crippen LogP contribution in [0.5, 0.6) is 0 Å². The van der Waals surface area contributed by atoms with E-state index < -0.39 is 5.97 Å². The Labute approximate surface area is 140 Å². The summed E-state index contributed by atoms with van der Waals surface area (Å²) >= 11 is 0. The zero-order valence-electron chi connectivity index (χ0n) is 13.5. The third-order valence-electron chi connectivity index (χ3n) is 4.38. The normalized spacial score (nSPS) is 13.6. The largest absolute Gasteiger partial charge is 0.481 e. The maximum absolute atomic E-state index is 12.1. The number of aryl methyl sites for hydroxylation is 2. The lowest BCUT2D eigenvalue weighted by Gasteiger charge is -2.27. The molecule has 0 radical (unpaired) electrons. The number of rotatable bonds is 6. The molecular formula is C18H21N3O3. The second-order valence-corrected chi connectivity index (χ2v) is 6.03. The Morgan fingerprint density at radius 3 is 2.71 bits per heavy atom. The molecule has 0 saturated heterocycles. The van der Waals surface area contributed by atoms with Crippen LogP contribution in [0.3, 0.4) is 0 Å². The van der Waals surface area contributed by atoms with Crippen LogP contribution in [0.15, 0.2) is 36.7 Å². The van der Waals surface area contributed by atoms with E-state index in [2.05, 4.69) is 21.7 Å². The quantitative estimate of drug-likeness (QED) is 0.879. The first-order valence-corrected chi connectivity index (χ1v) is 8.20. The topological polar surface area (TPSA) is 75.4 Å². The average Bonchev–Trinajstić information content (AvgIpc) is 3.01. The van der Waals surface area contributed by atoms with Gasteiger partial charge in [-0.1, -0.05) is 30.3 Å². The third-order valence-corrected chi connectivity index (χ3v) is 4.38. The fourth-order valence-electron chi connectivity index (χ4n) is 3.04. The predicted molar refractivity (Wildman–Crippen MR) is 88.4 cm³/mol. The molecule has 0 fully saturated rings. The predicted octanol–water partition coefficient (Wildman–Crippen LogP) is 1.88. The smallest absolute Gasteiger partial charge is 0.303 e. The van der Waals surface area contributed by atoms with Crippen LogP contribution in [0, 0.1) is 0 Å². The molecule has 1 aliphatic heterocycles. The molecule has 6 nitrogen and oxygen atoms in total. The standard InChI is InChI=1S/C18H21N3O3/c22-17(6-7-18(23)24)20-11-9-16-15(12-20)19-13-21(16)10-8-14-4-2-1-3-5-14/h1-5,13H,6-12H2,(H,23,24). The van der Waals surface area contributed by atoms with E-state index in [1.807, 2.05) is 24.5 Å². The van der Waals surface area contributed by atoms with Crippen LogP contribution in [0.25, 0.3) is 0 Å². The number of hydrogen-bond donors (Lipinski definition) is 1. The van der Waals surface area contributed by atoms with E-state index in [0.717, 1.165) is 25.1 Å². The Morgan fingerprint density at radius 2 is 1.96 bits per heavy atom. The highest BCUT2D eigenvalue weighted by Gasteiger charge is 2.24. The molecule has 24 heavy (non-hydrogen) atoms. The van der Waals surface area contributed by atoms with Gasteiger partial charge >= 0.3 is 5.97 Å². The van der Waals surface area contributed by atoms with Gasteiger partial charge in [-0.3, -0.25) is 9.59 Å². The van der Waals surface area contributed by atoms with Gasteiger partial charge in [-0.15, -0.1) is 0 Å². The molecule has 3 rings (SSSR count). The molecule has 1 amide bonds. The maximum atomic E-state index is 12.1. The van der Waals surface area contributed by atoms with Crippen molar-refractivity contribution in [3.8, 4) is 0 Å². The number of carboxylic acids is 1. The number of carbonyl (C=O) groups excluding carboxylic acids is 1. The lowest BCUT2D eigenvalue weighted by Crippen LogP contribution is -2.36. The van der Waals surface area contributed by atoms with E-state index in [1.54, 1.807) is 4.90 Å². The molecule has 2 aromatic rings. The van der Waals surface area contributed by atoms with Crippen LogP contribution in [0.4, 0.5) is 0 Å². The van der Waals surface area contributed by atoms with Crippen molar-refractivity contribution in [1.29, 1.82) is 0 Å². The Kier molecular flexibility index (Phi) is 4.93. The van der Waals surface area contributed by atoms with Gasteiger partial charge < -0.3 is 14.6 Å². The summed E-state index contributed by atoms with van der Waals surface area (Å²) in [6.45, 7) is 1.98. The number of benzene rings is 1. The van der Waals surface area contributed by atoms with Crippen molar-refractivity contribution in [3.63, 3.8) is 0 Å². The van der Waals surface area contributed by atoms with Gasteiger partial charge in [0.2, 0.25) is 5.91 Å².